The predicted octanol–water partition coefficient (Wildman–Crippen LogP) is 2.18. The molecule has 0 spiro atoms. The molecule has 2 aromatic rings. The molecule has 0 unspecified atom stereocenters. The molecule has 0 radical (unpaired) electrons. The molecule has 0 saturated heterocycles. The molecule has 2 rings (SSSR count). The van der Waals surface area contributed by atoms with E-state index in [1.807, 2.05) is 50.2 Å². The van der Waals surface area contributed by atoms with Gasteiger partial charge < -0.3 is 10.6 Å². The Labute approximate surface area is 151 Å². The molecule has 0 aliphatic heterocycles. The zero-order valence-electron chi connectivity index (χ0n) is 14.6. The number of nitrogens with one attached hydrogen (secondary N) is 2. The maximum atomic E-state index is 12.0. The minimum atomic E-state index is -0.564. The van der Waals surface area contributed by atoms with Crippen LogP contribution in [0.25, 0.3) is 11.3 Å². The number of carbonyl (C=O) groups excluding carboxylic acids is 2. The van der Waals surface area contributed by atoms with E-state index in [2.05, 4.69) is 20.6 Å². The number of thioether (sulfide) groups is 1. The van der Waals surface area contributed by atoms with Crippen LogP contribution in [0.2, 0.25) is 0 Å². The fraction of sp³-hybridized carbons (Fsp3) is 0.333. The second-order valence-electron chi connectivity index (χ2n) is 5.52. The summed E-state index contributed by atoms with van der Waals surface area (Å²) >= 11 is 1.25. The zero-order chi connectivity index (χ0) is 18.2. The van der Waals surface area contributed by atoms with Crippen LogP contribution < -0.4 is 10.6 Å². The van der Waals surface area contributed by atoms with E-state index in [0.29, 0.717) is 11.7 Å². The van der Waals surface area contributed by atoms with E-state index in [1.165, 1.54) is 11.8 Å². The van der Waals surface area contributed by atoms with Crippen molar-refractivity contribution in [3.63, 3.8) is 0 Å². The lowest BCUT2D eigenvalue weighted by atomic mass is 10.1. The Bertz CT molecular complexity index is 737. The molecule has 132 valence electrons. The maximum Gasteiger partial charge on any atom is 0.242 e. The van der Waals surface area contributed by atoms with Gasteiger partial charge in [0.2, 0.25) is 11.8 Å². The van der Waals surface area contributed by atoms with Gasteiger partial charge in [-0.2, -0.15) is 0 Å². The third-order valence-electron chi connectivity index (χ3n) is 3.36. The topological polar surface area (TPSA) is 84.0 Å². The van der Waals surface area contributed by atoms with Crippen molar-refractivity contribution in [3.05, 3.63) is 42.1 Å². The molecule has 25 heavy (non-hydrogen) atoms. The summed E-state index contributed by atoms with van der Waals surface area (Å²) in [5.74, 6) is -0.268. The number of amides is 2. The molecule has 1 aromatic carbocycles. The van der Waals surface area contributed by atoms with E-state index >= 15 is 0 Å². The first-order valence-electron chi connectivity index (χ1n) is 8.10. The summed E-state index contributed by atoms with van der Waals surface area (Å²) in [7, 11) is 0. The van der Waals surface area contributed by atoms with Crippen LogP contribution in [0.4, 0.5) is 0 Å². The number of hydrogen-bond donors (Lipinski definition) is 2. The Hall–Kier alpha value is -2.41. The molecule has 7 heteroatoms. The van der Waals surface area contributed by atoms with Gasteiger partial charge in [0.1, 0.15) is 6.04 Å². The average molecular weight is 358 g/mol. The molecule has 1 heterocycles. The second kappa shape index (κ2) is 9.17. The van der Waals surface area contributed by atoms with Crippen LogP contribution in [-0.2, 0) is 9.59 Å². The van der Waals surface area contributed by atoms with E-state index in [9.17, 15) is 9.59 Å². The average Bonchev–Trinajstić information content (AvgIpc) is 2.60. The molecule has 0 bridgehead atoms. The number of likely N-dealkylation sites (N-methyl/N-ethyl adjacent to an activating group) is 1. The standard InChI is InChI=1S/C18H22N4O2S/c1-4-19-17(24)13(3)21-16(23)11-25-18-20-12(2)10-15(22-18)14-8-6-5-7-9-14/h5-10,13H,4,11H2,1-3H3,(H,19,24)(H,21,23)/t13-/m1/s1. The van der Waals surface area contributed by atoms with Crippen LogP contribution in [-0.4, -0.2) is 40.1 Å². The second-order valence-corrected chi connectivity index (χ2v) is 6.46. The summed E-state index contributed by atoms with van der Waals surface area (Å²) in [6.07, 6.45) is 0. The van der Waals surface area contributed by atoms with Gasteiger partial charge in [-0.1, -0.05) is 42.1 Å². The highest BCUT2D eigenvalue weighted by Gasteiger charge is 2.15. The van der Waals surface area contributed by atoms with E-state index in [4.69, 9.17) is 0 Å². The Morgan fingerprint density at radius 3 is 2.60 bits per heavy atom. The number of hydrogen-bond acceptors (Lipinski definition) is 5. The molecular weight excluding hydrogens is 336 g/mol. The Balaban J connectivity index is 1.98. The fourth-order valence-electron chi connectivity index (χ4n) is 2.17. The van der Waals surface area contributed by atoms with Crippen molar-refractivity contribution < 1.29 is 9.59 Å². The first-order valence-corrected chi connectivity index (χ1v) is 9.09. The third kappa shape index (κ3) is 5.86. The van der Waals surface area contributed by atoms with Crippen LogP contribution in [0.5, 0.6) is 0 Å². The van der Waals surface area contributed by atoms with Gasteiger partial charge in [0, 0.05) is 17.8 Å². The largest absolute Gasteiger partial charge is 0.355 e. The molecule has 1 aromatic heterocycles. The smallest absolute Gasteiger partial charge is 0.242 e. The van der Waals surface area contributed by atoms with Crippen LogP contribution >= 0.6 is 11.8 Å². The van der Waals surface area contributed by atoms with Crippen molar-refractivity contribution in [2.24, 2.45) is 0 Å². The normalized spacial score (nSPS) is 11.6. The van der Waals surface area contributed by atoms with Gasteiger partial charge in [-0.3, -0.25) is 9.59 Å². The molecule has 2 N–H and O–H groups in total. The van der Waals surface area contributed by atoms with E-state index < -0.39 is 6.04 Å². The van der Waals surface area contributed by atoms with Gasteiger partial charge in [-0.15, -0.1) is 0 Å². The molecule has 6 nitrogen and oxygen atoms in total. The van der Waals surface area contributed by atoms with E-state index in [0.717, 1.165) is 17.0 Å². The van der Waals surface area contributed by atoms with Crippen LogP contribution in [0.3, 0.4) is 0 Å². The number of benzene rings is 1. The number of aromatic nitrogens is 2. The molecule has 0 fully saturated rings. The fourth-order valence-corrected chi connectivity index (χ4v) is 2.88. The Kier molecular flexibility index (Phi) is 6.94. The lowest BCUT2D eigenvalue weighted by Crippen LogP contribution is -2.45. The minimum Gasteiger partial charge on any atom is -0.355 e. The number of nitrogens with zero attached hydrogens (tertiary/aromatic N) is 2. The summed E-state index contributed by atoms with van der Waals surface area (Å²) in [5.41, 5.74) is 2.67. The Morgan fingerprint density at radius 1 is 1.20 bits per heavy atom. The molecule has 0 saturated carbocycles. The zero-order valence-corrected chi connectivity index (χ0v) is 15.4. The van der Waals surface area contributed by atoms with Gasteiger partial charge >= 0.3 is 0 Å². The first-order chi connectivity index (χ1) is 12.0. The number of carbonyl (C=O) groups is 2. The monoisotopic (exact) mass is 358 g/mol. The lowest BCUT2D eigenvalue weighted by Gasteiger charge is -2.13. The van der Waals surface area contributed by atoms with Crippen LogP contribution in [0.1, 0.15) is 19.5 Å². The number of rotatable bonds is 7. The van der Waals surface area contributed by atoms with E-state index in [-0.39, 0.29) is 17.6 Å². The van der Waals surface area contributed by atoms with Gasteiger partial charge in [0.25, 0.3) is 0 Å². The SMILES string of the molecule is CCNC(=O)[C@@H](C)NC(=O)CSc1nc(C)cc(-c2ccccc2)n1. The van der Waals surface area contributed by atoms with Crippen molar-refractivity contribution in [1.82, 2.24) is 20.6 Å². The summed E-state index contributed by atoms with van der Waals surface area (Å²) in [4.78, 5) is 32.5. The first kappa shape index (κ1) is 18.9. The Morgan fingerprint density at radius 2 is 1.92 bits per heavy atom. The highest BCUT2D eigenvalue weighted by Crippen LogP contribution is 2.21. The van der Waals surface area contributed by atoms with Crippen molar-refractivity contribution in [1.29, 1.82) is 0 Å². The van der Waals surface area contributed by atoms with Gasteiger partial charge in [0.15, 0.2) is 5.16 Å². The van der Waals surface area contributed by atoms with Gasteiger partial charge in [0.05, 0.1) is 11.4 Å². The van der Waals surface area contributed by atoms with Crippen LogP contribution in [0, 0.1) is 6.92 Å². The summed E-state index contributed by atoms with van der Waals surface area (Å²) in [5, 5.41) is 5.88. The van der Waals surface area contributed by atoms with Gasteiger partial charge in [-0.05, 0) is 26.8 Å². The quantitative estimate of drug-likeness (QED) is 0.585. The third-order valence-corrected chi connectivity index (χ3v) is 4.20. The summed E-state index contributed by atoms with van der Waals surface area (Å²) < 4.78 is 0. The van der Waals surface area contributed by atoms with Crippen molar-refractivity contribution in [3.8, 4) is 11.3 Å². The molecule has 1 atom stereocenters. The minimum absolute atomic E-state index is 0.154. The molecule has 2 amide bonds. The number of aryl methyl sites for hydroxylation is 1. The molecular formula is C18H22N4O2S. The maximum absolute atomic E-state index is 12.0. The van der Waals surface area contributed by atoms with Crippen molar-refractivity contribution >= 4 is 23.6 Å². The van der Waals surface area contributed by atoms with Crippen molar-refractivity contribution in [2.75, 3.05) is 12.3 Å². The molecule has 0 aliphatic rings. The van der Waals surface area contributed by atoms with Crippen LogP contribution in [0.15, 0.2) is 41.6 Å². The van der Waals surface area contributed by atoms with E-state index in [1.54, 1.807) is 6.92 Å². The van der Waals surface area contributed by atoms with Crippen molar-refractivity contribution in [2.45, 2.75) is 32.0 Å². The predicted molar refractivity (Wildman–Crippen MR) is 99.2 cm³/mol. The lowest BCUT2D eigenvalue weighted by molar-refractivity contribution is -0.127. The summed E-state index contributed by atoms with van der Waals surface area (Å²) in [6, 6.07) is 11.2. The highest BCUT2D eigenvalue weighted by atomic mass is 32.2. The molecule has 0 aliphatic carbocycles. The van der Waals surface area contributed by atoms with Gasteiger partial charge in [-0.25, -0.2) is 9.97 Å². The highest BCUT2D eigenvalue weighted by molar-refractivity contribution is 7.99. The summed E-state index contributed by atoms with van der Waals surface area (Å²) in [6.45, 7) is 5.93.